The van der Waals surface area contributed by atoms with E-state index in [1.165, 1.54) is 0 Å². The molecule has 2 aromatic carbocycles. The molecule has 0 spiro atoms. The number of nitrogens with zero attached hydrogens (tertiary/aromatic N) is 1. The molecule has 0 saturated heterocycles. The summed E-state index contributed by atoms with van der Waals surface area (Å²) in [5, 5.41) is 24.0. The van der Waals surface area contributed by atoms with Crippen molar-refractivity contribution in [2.24, 2.45) is 0 Å². The standard InChI is InChI=1S/C19H22N2O4/c1-12-9-13(2)18(21(24)25)14(3)17(12)19(23)20-11-16(22)10-15-7-5-4-6-8-15/h4-9,16,22H,10-11H2,1-3H3,(H,20,23). The van der Waals surface area contributed by atoms with E-state index in [9.17, 15) is 20.0 Å². The number of rotatable bonds is 6. The van der Waals surface area contributed by atoms with Crippen molar-refractivity contribution in [2.75, 3.05) is 6.54 Å². The van der Waals surface area contributed by atoms with Crippen LogP contribution < -0.4 is 5.32 Å². The Hall–Kier alpha value is -2.73. The van der Waals surface area contributed by atoms with Gasteiger partial charge >= 0.3 is 0 Å². The molecule has 2 N–H and O–H groups in total. The Balaban J connectivity index is 2.11. The van der Waals surface area contributed by atoms with Crippen molar-refractivity contribution in [3.05, 3.63) is 74.3 Å². The molecular weight excluding hydrogens is 320 g/mol. The molecule has 2 rings (SSSR count). The first kappa shape index (κ1) is 18.6. The highest BCUT2D eigenvalue weighted by atomic mass is 16.6. The summed E-state index contributed by atoms with van der Waals surface area (Å²) in [5.41, 5.74) is 2.78. The number of nitro benzene ring substituents is 1. The van der Waals surface area contributed by atoms with Crippen molar-refractivity contribution in [1.29, 1.82) is 0 Å². The highest BCUT2D eigenvalue weighted by Crippen LogP contribution is 2.28. The number of carbonyl (C=O) groups is 1. The van der Waals surface area contributed by atoms with E-state index in [0.29, 0.717) is 28.7 Å². The number of aliphatic hydroxyl groups excluding tert-OH is 1. The van der Waals surface area contributed by atoms with E-state index in [1.807, 2.05) is 30.3 Å². The maximum atomic E-state index is 12.5. The highest BCUT2D eigenvalue weighted by molar-refractivity contribution is 5.98. The molecule has 0 radical (unpaired) electrons. The van der Waals surface area contributed by atoms with Gasteiger partial charge in [0.25, 0.3) is 11.6 Å². The van der Waals surface area contributed by atoms with Gasteiger partial charge in [0.05, 0.1) is 16.6 Å². The average molecular weight is 342 g/mol. The van der Waals surface area contributed by atoms with Crippen LogP contribution in [0.3, 0.4) is 0 Å². The molecule has 0 heterocycles. The van der Waals surface area contributed by atoms with Gasteiger partial charge < -0.3 is 10.4 Å². The lowest BCUT2D eigenvalue weighted by Gasteiger charge is -2.15. The Morgan fingerprint density at radius 2 is 1.84 bits per heavy atom. The van der Waals surface area contributed by atoms with Crippen LogP contribution in [0.4, 0.5) is 5.69 Å². The second kappa shape index (κ2) is 7.90. The van der Waals surface area contributed by atoms with E-state index in [2.05, 4.69) is 5.32 Å². The molecule has 132 valence electrons. The zero-order chi connectivity index (χ0) is 18.6. The van der Waals surface area contributed by atoms with E-state index in [4.69, 9.17) is 0 Å². The molecule has 0 fully saturated rings. The molecule has 0 bridgehead atoms. The molecular formula is C19H22N2O4. The highest BCUT2D eigenvalue weighted by Gasteiger charge is 2.23. The maximum Gasteiger partial charge on any atom is 0.275 e. The molecule has 1 amide bonds. The van der Waals surface area contributed by atoms with Gasteiger partial charge in [-0.3, -0.25) is 14.9 Å². The Morgan fingerprint density at radius 3 is 2.44 bits per heavy atom. The Morgan fingerprint density at radius 1 is 1.20 bits per heavy atom. The summed E-state index contributed by atoms with van der Waals surface area (Å²) in [4.78, 5) is 23.2. The van der Waals surface area contributed by atoms with Gasteiger partial charge in [-0.05, 0) is 38.0 Å². The zero-order valence-electron chi connectivity index (χ0n) is 14.6. The molecule has 0 aliphatic carbocycles. The summed E-state index contributed by atoms with van der Waals surface area (Å²) >= 11 is 0. The Labute approximate surface area is 146 Å². The number of hydrogen-bond donors (Lipinski definition) is 2. The summed E-state index contributed by atoms with van der Waals surface area (Å²) in [6.07, 6.45) is -0.306. The van der Waals surface area contributed by atoms with Crippen LogP contribution in [0.2, 0.25) is 0 Å². The van der Waals surface area contributed by atoms with Gasteiger partial charge in [-0.1, -0.05) is 30.3 Å². The van der Waals surface area contributed by atoms with Crippen molar-refractivity contribution < 1.29 is 14.8 Å². The molecule has 1 unspecified atom stereocenters. The number of aliphatic hydroxyl groups is 1. The van der Waals surface area contributed by atoms with Crippen LogP contribution in [0.5, 0.6) is 0 Å². The number of benzene rings is 2. The molecule has 0 aliphatic heterocycles. The van der Waals surface area contributed by atoms with Crippen LogP contribution in [0.25, 0.3) is 0 Å². The fourth-order valence-corrected chi connectivity index (χ4v) is 3.06. The summed E-state index contributed by atoms with van der Waals surface area (Å²) in [6.45, 7) is 5.06. The van der Waals surface area contributed by atoms with Crippen molar-refractivity contribution >= 4 is 11.6 Å². The first-order valence-corrected chi connectivity index (χ1v) is 8.06. The number of amides is 1. The lowest BCUT2D eigenvalue weighted by atomic mass is 9.96. The lowest BCUT2D eigenvalue weighted by molar-refractivity contribution is -0.386. The molecule has 0 aliphatic rings. The molecule has 2 aromatic rings. The predicted octanol–water partition coefficient (Wildman–Crippen LogP) is 2.85. The fourth-order valence-electron chi connectivity index (χ4n) is 3.06. The maximum absolute atomic E-state index is 12.5. The second-order valence-corrected chi connectivity index (χ2v) is 6.17. The first-order valence-electron chi connectivity index (χ1n) is 8.06. The van der Waals surface area contributed by atoms with Crippen molar-refractivity contribution in [3.63, 3.8) is 0 Å². The second-order valence-electron chi connectivity index (χ2n) is 6.17. The molecule has 25 heavy (non-hydrogen) atoms. The smallest absolute Gasteiger partial charge is 0.275 e. The van der Waals surface area contributed by atoms with E-state index in [1.54, 1.807) is 26.8 Å². The van der Waals surface area contributed by atoms with Gasteiger partial charge in [-0.2, -0.15) is 0 Å². The Bertz CT molecular complexity index is 788. The Kier molecular flexibility index (Phi) is 5.88. The van der Waals surface area contributed by atoms with Crippen LogP contribution in [-0.2, 0) is 6.42 Å². The quantitative estimate of drug-likeness (QED) is 0.623. The van der Waals surface area contributed by atoms with Crippen LogP contribution in [-0.4, -0.2) is 28.6 Å². The minimum absolute atomic E-state index is 0.0411. The minimum atomic E-state index is -0.729. The number of nitrogens with one attached hydrogen (secondary N) is 1. The number of carbonyl (C=O) groups excluding carboxylic acids is 1. The van der Waals surface area contributed by atoms with Crippen molar-refractivity contribution in [3.8, 4) is 0 Å². The molecule has 0 saturated carbocycles. The minimum Gasteiger partial charge on any atom is -0.391 e. The SMILES string of the molecule is Cc1cc(C)c([N+](=O)[O-])c(C)c1C(=O)NCC(O)Cc1ccccc1. The first-order chi connectivity index (χ1) is 11.8. The van der Waals surface area contributed by atoms with E-state index >= 15 is 0 Å². The molecule has 0 aromatic heterocycles. The topological polar surface area (TPSA) is 92.5 Å². The summed E-state index contributed by atoms with van der Waals surface area (Å²) in [7, 11) is 0. The van der Waals surface area contributed by atoms with E-state index < -0.39 is 16.9 Å². The van der Waals surface area contributed by atoms with Gasteiger partial charge in [0.2, 0.25) is 0 Å². The molecule has 6 nitrogen and oxygen atoms in total. The van der Waals surface area contributed by atoms with Gasteiger partial charge in [0.15, 0.2) is 0 Å². The van der Waals surface area contributed by atoms with Crippen molar-refractivity contribution in [1.82, 2.24) is 5.32 Å². The summed E-state index contributed by atoms with van der Waals surface area (Å²) in [5.74, 6) is -0.412. The van der Waals surface area contributed by atoms with Gasteiger partial charge in [-0.15, -0.1) is 0 Å². The average Bonchev–Trinajstić information content (AvgIpc) is 2.53. The molecule has 6 heteroatoms. The number of hydrogen-bond acceptors (Lipinski definition) is 4. The summed E-state index contributed by atoms with van der Waals surface area (Å²) < 4.78 is 0. The predicted molar refractivity (Wildman–Crippen MR) is 95.8 cm³/mol. The zero-order valence-corrected chi connectivity index (χ0v) is 14.6. The third kappa shape index (κ3) is 4.42. The third-order valence-electron chi connectivity index (χ3n) is 4.15. The van der Waals surface area contributed by atoms with Crippen LogP contribution in [0.15, 0.2) is 36.4 Å². The molecule has 1 atom stereocenters. The normalized spacial score (nSPS) is 11.8. The summed E-state index contributed by atoms with van der Waals surface area (Å²) in [6, 6.07) is 11.1. The van der Waals surface area contributed by atoms with Gasteiger partial charge in [0.1, 0.15) is 0 Å². The lowest BCUT2D eigenvalue weighted by Crippen LogP contribution is -2.34. The number of aryl methyl sites for hydroxylation is 2. The van der Waals surface area contributed by atoms with Crippen LogP contribution in [0, 0.1) is 30.9 Å². The largest absolute Gasteiger partial charge is 0.391 e. The van der Waals surface area contributed by atoms with Crippen LogP contribution >= 0.6 is 0 Å². The third-order valence-corrected chi connectivity index (χ3v) is 4.15. The monoisotopic (exact) mass is 342 g/mol. The van der Waals surface area contributed by atoms with Crippen molar-refractivity contribution in [2.45, 2.75) is 33.3 Å². The van der Waals surface area contributed by atoms with E-state index in [0.717, 1.165) is 5.56 Å². The van der Waals surface area contributed by atoms with E-state index in [-0.39, 0.29) is 12.2 Å². The fraction of sp³-hybridized carbons (Fsp3) is 0.316. The number of nitro groups is 1. The van der Waals surface area contributed by atoms with Gasteiger partial charge in [0, 0.05) is 24.1 Å². The van der Waals surface area contributed by atoms with Crippen LogP contribution in [0.1, 0.15) is 32.6 Å². The van der Waals surface area contributed by atoms with Gasteiger partial charge in [-0.25, -0.2) is 0 Å².